The Balaban J connectivity index is 2.22. The highest BCUT2D eigenvalue weighted by Crippen LogP contribution is 2.45. The minimum absolute atomic E-state index is 0.132. The third-order valence-corrected chi connectivity index (χ3v) is 5.52. The molecule has 2 rings (SSSR count). The SMILES string of the molecule is CNC1(c2nc(C(C)C)cs2)CCC(C)(C)CC1. The van der Waals surface area contributed by atoms with Crippen molar-refractivity contribution in [3.05, 3.63) is 16.1 Å². The third-order valence-electron chi connectivity index (χ3n) is 4.46. The van der Waals surface area contributed by atoms with Gasteiger partial charge in [0.25, 0.3) is 0 Å². The van der Waals surface area contributed by atoms with E-state index in [1.165, 1.54) is 36.4 Å². The lowest BCUT2D eigenvalue weighted by Crippen LogP contribution is -2.44. The van der Waals surface area contributed by atoms with Crippen LogP contribution in [-0.4, -0.2) is 12.0 Å². The van der Waals surface area contributed by atoms with Crippen LogP contribution in [0.5, 0.6) is 0 Å². The first-order valence-corrected chi connectivity index (χ1v) is 7.91. The predicted octanol–water partition coefficient (Wildman–Crippen LogP) is 4.28. The molecule has 0 atom stereocenters. The Labute approximate surface area is 115 Å². The van der Waals surface area contributed by atoms with Gasteiger partial charge in [-0.3, -0.25) is 0 Å². The zero-order chi connectivity index (χ0) is 13.4. The van der Waals surface area contributed by atoms with E-state index in [1.54, 1.807) is 0 Å². The number of hydrogen-bond acceptors (Lipinski definition) is 3. The van der Waals surface area contributed by atoms with Crippen LogP contribution >= 0.6 is 11.3 Å². The molecule has 0 aliphatic heterocycles. The first-order valence-electron chi connectivity index (χ1n) is 7.03. The van der Waals surface area contributed by atoms with Gasteiger partial charge >= 0.3 is 0 Å². The summed E-state index contributed by atoms with van der Waals surface area (Å²) in [6.45, 7) is 9.20. The van der Waals surface area contributed by atoms with Crippen LogP contribution in [0.3, 0.4) is 0 Å². The van der Waals surface area contributed by atoms with Gasteiger partial charge in [0.1, 0.15) is 5.01 Å². The molecule has 1 aromatic heterocycles. The number of thiazole rings is 1. The maximum atomic E-state index is 4.88. The molecule has 2 nitrogen and oxygen atoms in total. The van der Waals surface area contributed by atoms with Gasteiger partial charge in [0.15, 0.2) is 0 Å². The highest BCUT2D eigenvalue weighted by molar-refractivity contribution is 7.09. The van der Waals surface area contributed by atoms with E-state index in [9.17, 15) is 0 Å². The minimum Gasteiger partial charge on any atom is -0.308 e. The highest BCUT2D eigenvalue weighted by Gasteiger charge is 2.40. The maximum absolute atomic E-state index is 4.88. The van der Waals surface area contributed by atoms with E-state index in [0.717, 1.165) is 0 Å². The first-order chi connectivity index (χ1) is 8.38. The summed E-state index contributed by atoms with van der Waals surface area (Å²) in [4.78, 5) is 4.88. The first kappa shape index (κ1) is 14.0. The second-order valence-electron chi connectivity index (χ2n) is 6.73. The molecule has 1 heterocycles. The maximum Gasteiger partial charge on any atom is 0.113 e. The van der Waals surface area contributed by atoms with E-state index in [2.05, 4.69) is 45.4 Å². The average Bonchev–Trinajstić information content (AvgIpc) is 2.80. The van der Waals surface area contributed by atoms with Crippen LogP contribution in [0.1, 0.15) is 70.0 Å². The molecule has 3 heteroatoms. The second-order valence-corrected chi connectivity index (χ2v) is 7.59. The molecule has 0 bridgehead atoms. The van der Waals surface area contributed by atoms with Crippen molar-refractivity contribution >= 4 is 11.3 Å². The van der Waals surface area contributed by atoms with Gasteiger partial charge < -0.3 is 5.32 Å². The van der Waals surface area contributed by atoms with Gasteiger partial charge in [-0.25, -0.2) is 4.98 Å². The Morgan fingerprint density at radius 3 is 2.28 bits per heavy atom. The van der Waals surface area contributed by atoms with E-state index in [4.69, 9.17) is 4.98 Å². The van der Waals surface area contributed by atoms with Crippen molar-refractivity contribution in [1.82, 2.24) is 10.3 Å². The molecule has 1 aliphatic rings. The molecular weight excluding hydrogens is 240 g/mol. The molecule has 0 unspecified atom stereocenters. The quantitative estimate of drug-likeness (QED) is 0.883. The monoisotopic (exact) mass is 266 g/mol. The van der Waals surface area contributed by atoms with Crippen LogP contribution < -0.4 is 5.32 Å². The van der Waals surface area contributed by atoms with E-state index in [-0.39, 0.29) is 5.54 Å². The summed E-state index contributed by atoms with van der Waals surface area (Å²) in [6, 6.07) is 0. The lowest BCUT2D eigenvalue weighted by Gasteiger charge is -2.42. The molecule has 0 amide bonds. The van der Waals surface area contributed by atoms with Crippen molar-refractivity contribution in [2.24, 2.45) is 5.41 Å². The van der Waals surface area contributed by atoms with Gasteiger partial charge in [-0.05, 0) is 44.1 Å². The summed E-state index contributed by atoms with van der Waals surface area (Å²) in [5, 5.41) is 7.10. The van der Waals surface area contributed by atoms with Crippen LogP contribution in [0.2, 0.25) is 0 Å². The predicted molar refractivity (Wildman–Crippen MR) is 79.2 cm³/mol. The molecule has 1 aromatic rings. The molecule has 0 saturated heterocycles. The van der Waals surface area contributed by atoms with Gasteiger partial charge in [0.05, 0.1) is 11.2 Å². The molecule has 0 aromatic carbocycles. The molecule has 1 N–H and O–H groups in total. The van der Waals surface area contributed by atoms with Gasteiger partial charge in [0.2, 0.25) is 0 Å². The van der Waals surface area contributed by atoms with E-state index < -0.39 is 0 Å². The number of nitrogens with zero attached hydrogens (tertiary/aromatic N) is 1. The fourth-order valence-electron chi connectivity index (χ4n) is 2.70. The smallest absolute Gasteiger partial charge is 0.113 e. The molecule has 18 heavy (non-hydrogen) atoms. The summed E-state index contributed by atoms with van der Waals surface area (Å²) in [6.07, 6.45) is 4.98. The van der Waals surface area contributed by atoms with Crippen LogP contribution in [0.25, 0.3) is 0 Å². The zero-order valence-electron chi connectivity index (χ0n) is 12.3. The lowest BCUT2D eigenvalue weighted by atomic mass is 9.69. The molecular formula is C15H26N2S. The summed E-state index contributed by atoms with van der Waals surface area (Å²) < 4.78 is 0. The average molecular weight is 266 g/mol. The third kappa shape index (κ3) is 2.62. The number of nitrogens with one attached hydrogen (secondary N) is 1. The molecule has 1 aliphatic carbocycles. The van der Waals surface area contributed by atoms with Gasteiger partial charge in [0, 0.05) is 5.38 Å². The fourth-order valence-corrected chi connectivity index (χ4v) is 3.94. The normalized spacial score (nSPS) is 22.3. The standard InChI is InChI=1S/C15H26N2S/c1-11(2)12-10-18-13(17-12)15(16-5)8-6-14(3,4)7-9-15/h10-11,16H,6-9H2,1-5H3. The molecule has 1 saturated carbocycles. The summed E-state index contributed by atoms with van der Waals surface area (Å²) in [5.74, 6) is 0.531. The van der Waals surface area contributed by atoms with Crippen molar-refractivity contribution in [2.75, 3.05) is 7.05 Å². The summed E-state index contributed by atoms with van der Waals surface area (Å²) >= 11 is 1.83. The van der Waals surface area contributed by atoms with Gasteiger partial charge in [-0.2, -0.15) is 0 Å². The molecule has 0 spiro atoms. The Hall–Kier alpha value is -0.410. The summed E-state index contributed by atoms with van der Waals surface area (Å²) in [5.41, 5.74) is 1.88. The topological polar surface area (TPSA) is 24.9 Å². The molecule has 102 valence electrons. The molecule has 0 radical (unpaired) electrons. The van der Waals surface area contributed by atoms with Crippen LogP contribution in [-0.2, 0) is 5.54 Å². The van der Waals surface area contributed by atoms with E-state index >= 15 is 0 Å². The fraction of sp³-hybridized carbons (Fsp3) is 0.800. The minimum atomic E-state index is 0.132. The lowest BCUT2D eigenvalue weighted by molar-refractivity contribution is 0.141. The largest absolute Gasteiger partial charge is 0.308 e. The number of rotatable bonds is 3. The van der Waals surface area contributed by atoms with Crippen molar-refractivity contribution in [1.29, 1.82) is 0 Å². The Bertz CT molecular complexity index is 396. The van der Waals surface area contributed by atoms with Gasteiger partial charge in [-0.15, -0.1) is 11.3 Å². The van der Waals surface area contributed by atoms with Crippen LogP contribution in [0, 0.1) is 5.41 Å². The summed E-state index contributed by atoms with van der Waals surface area (Å²) in [7, 11) is 2.09. The van der Waals surface area contributed by atoms with Crippen molar-refractivity contribution in [3.8, 4) is 0 Å². The van der Waals surface area contributed by atoms with Gasteiger partial charge in [-0.1, -0.05) is 27.7 Å². The second kappa shape index (κ2) is 4.93. The van der Waals surface area contributed by atoms with Crippen molar-refractivity contribution < 1.29 is 0 Å². The Morgan fingerprint density at radius 1 is 1.22 bits per heavy atom. The van der Waals surface area contributed by atoms with E-state index in [0.29, 0.717) is 11.3 Å². The highest BCUT2D eigenvalue weighted by atomic mass is 32.1. The van der Waals surface area contributed by atoms with Crippen molar-refractivity contribution in [2.45, 2.75) is 64.8 Å². The Morgan fingerprint density at radius 2 is 1.83 bits per heavy atom. The van der Waals surface area contributed by atoms with E-state index in [1.807, 2.05) is 11.3 Å². The van der Waals surface area contributed by atoms with Crippen LogP contribution in [0.4, 0.5) is 0 Å². The Kier molecular flexibility index (Phi) is 3.84. The number of hydrogen-bond donors (Lipinski definition) is 1. The molecule has 1 fully saturated rings. The number of aromatic nitrogens is 1. The zero-order valence-corrected chi connectivity index (χ0v) is 13.2. The van der Waals surface area contributed by atoms with Crippen molar-refractivity contribution in [3.63, 3.8) is 0 Å². The van der Waals surface area contributed by atoms with Crippen LogP contribution in [0.15, 0.2) is 5.38 Å².